The highest BCUT2D eigenvalue weighted by atomic mass is 19.1. The third kappa shape index (κ3) is 8.71. The van der Waals surface area contributed by atoms with E-state index in [9.17, 15) is 14.3 Å². The first kappa shape index (κ1) is 28.9. The molecule has 1 unspecified atom stereocenters. The Balaban J connectivity index is 1.36. The molecule has 2 aliphatic carbocycles. The highest BCUT2D eigenvalue weighted by Gasteiger charge is 2.31. The van der Waals surface area contributed by atoms with Crippen molar-refractivity contribution in [2.75, 3.05) is 13.2 Å². The molecule has 3 nitrogen and oxygen atoms in total. The van der Waals surface area contributed by atoms with E-state index in [4.69, 9.17) is 4.74 Å². The van der Waals surface area contributed by atoms with E-state index in [1.54, 1.807) is 6.92 Å². The van der Waals surface area contributed by atoms with Gasteiger partial charge in [-0.25, -0.2) is 9.18 Å². The number of rotatable bonds is 13. The number of benzene rings is 1. The maximum absolute atomic E-state index is 14.6. The van der Waals surface area contributed by atoms with Gasteiger partial charge in [-0.1, -0.05) is 51.3 Å². The molecule has 0 aromatic heterocycles. The lowest BCUT2D eigenvalue weighted by atomic mass is 9.68. The smallest absolute Gasteiger partial charge is 0.333 e. The van der Waals surface area contributed by atoms with E-state index in [0.717, 1.165) is 49.0 Å². The van der Waals surface area contributed by atoms with Crippen LogP contribution < -0.4 is 0 Å². The van der Waals surface area contributed by atoms with Crippen LogP contribution in [-0.4, -0.2) is 24.3 Å². The number of unbranched alkanes of at least 4 members (excludes halogenated alkanes) is 2. The summed E-state index contributed by atoms with van der Waals surface area (Å²) in [6.45, 7) is 7.79. The van der Waals surface area contributed by atoms with E-state index in [2.05, 4.69) is 19.6 Å². The van der Waals surface area contributed by atoms with E-state index in [1.165, 1.54) is 69.8 Å². The molecule has 1 aromatic rings. The Bertz CT molecular complexity index is 819. The Morgan fingerprint density at radius 2 is 1.75 bits per heavy atom. The van der Waals surface area contributed by atoms with E-state index in [1.807, 2.05) is 12.1 Å². The summed E-state index contributed by atoms with van der Waals surface area (Å²) < 4.78 is 19.9. The summed E-state index contributed by atoms with van der Waals surface area (Å²) in [6, 6.07) is 6.07. The quantitative estimate of drug-likeness (QED) is 0.169. The monoisotopic (exact) mass is 500 g/mol. The topological polar surface area (TPSA) is 46.5 Å². The van der Waals surface area contributed by atoms with Crippen LogP contribution >= 0.6 is 0 Å². The lowest BCUT2D eigenvalue weighted by Crippen LogP contribution is -2.26. The molecule has 0 radical (unpaired) electrons. The predicted molar refractivity (Wildman–Crippen MR) is 145 cm³/mol. The molecule has 2 fully saturated rings. The number of esters is 1. The predicted octanol–water partition coefficient (Wildman–Crippen LogP) is 8.15. The van der Waals surface area contributed by atoms with Crippen molar-refractivity contribution in [1.29, 1.82) is 0 Å². The molecule has 3 rings (SSSR count). The van der Waals surface area contributed by atoms with Gasteiger partial charge in [0, 0.05) is 18.1 Å². The molecule has 36 heavy (non-hydrogen) atoms. The summed E-state index contributed by atoms with van der Waals surface area (Å²) in [7, 11) is 0. The minimum Gasteiger partial charge on any atom is -0.462 e. The number of halogens is 1. The maximum Gasteiger partial charge on any atom is 0.333 e. The Morgan fingerprint density at radius 1 is 1.08 bits per heavy atom. The van der Waals surface area contributed by atoms with Gasteiger partial charge in [-0.15, -0.1) is 0 Å². The molecule has 4 heteroatoms. The standard InChI is InChI=1S/C32H49FO3/c1-4-5-6-7-29-18-19-30(20-31(29)33)28-16-14-27(15-17-28)26-12-10-24(11-13-26)8-9-25(21-34)22-36-32(35)23(2)3/h18-20,24-28,34H,2,4-17,21-22H2,1,3H3. The fourth-order valence-electron chi connectivity index (χ4n) is 6.47. The summed E-state index contributed by atoms with van der Waals surface area (Å²) in [4.78, 5) is 11.6. The van der Waals surface area contributed by atoms with Crippen LogP contribution in [0.1, 0.15) is 114 Å². The van der Waals surface area contributed by atoms with Gasteiger partial charge in [0.05, 0.1) is 6.61 Å². The van der Waals surface area contributed by atoms with Gasteiger partial charge in [0.25, 0.3) is 0 Å². The van der Waals surface area contributed by atoms with Gasteiger partial charge < -0.3 is 9.84 Å². The van der Waals surface area contributed by atoms with Crippen molar-refractivity contribution in [3.05, 3.63) is 47.3 Å². The highest BCUT2D eigenvalue weighted by molar-refractivity contribution is 5.86. The number of carbonyl (C=O) groups excluding carboxylic acids is 1. The van der Waals surface area contributed by atoms with E-state index >= 15 is 0 Å². The third-order valence-electron chi connectivity index (χ3n) is 8.97. The van der Waals surface area contributed by atoms with E-state index < -0.39 is 0 Å². The zero-order valence-corrected chi connectivity index (χ0v) is 22.8. The fourth-order valence-corrected chi connectivity index (χ4v) is 6.47. The van der Waals surface area contributed by atoms with Crippen LogP contribution in [0.25, 0.3) is 0 Å². The zero-order chi connectivity index (χ0) is 25.9. The van der Waals surface area contributed by atoms with Crippen LogP contribution in [0.5, 0.6) is 0 Å². The van der Waals surface area contributed by atoms with Crippen LogP contribution in [0, 0.1) is 29.5 Å². The molecular weight excluding hydrogens is 451 g/mol. The van der Waals surface area contributed by atoms with E-state index in [0.29, 0.717) is 11.5 Å². The van der Waals surface area contributed by atoms with Gasteiger partial charge >= 0.3 is 5.97 Å². The van der Waals surface area contributed by atoms with Gasteiger partial charge in [0.2, 0.25) is 0 Å². The minimum atomic E-state index is -0.367. The Labute approximate surface area is 218 Å². The molecule has 0 spiro atoms. The normalized spacial score (nSPS) is 25.3. The van der Waals surface area contributed by atoms with Crippen molar-refractivity contribution in [2.45, 2.75) is 110 Å². The molecule has 1 N–H and O–H groups in total. The number of carbonyl (C=O) groups is 1. The average molecular weight is 501 g/mol. The van der Waals surface area contributed by atoms with Crippen LogP contribution in [-0.2, 0) is 16.0 Å². The molecule has 1 aromatic carbocycles. The highest BCUT2D eigenvalue weighted by Crippen LogP contribution is 2.44. The molecule has 202 valence electrons. The van der Waals surface area contributed by atoms with Gasteiger partial charge in [0.1, 0.15) is 5.82 Å². The molecule has 0 bridgehead atoms. The Morgan fingerprint density at radius 3 is 2.33 bits per heavy atom. The third-order valence-corrected chi connectivity index (χ3v) is 8.97. The summed E-state index contributed by atoms with van der Waals surface area (Å²) >= 11 is 0. The first-order valence-electron chi connectivity index (χ1n) is 14.6. The Hall–Kier alpha value is -1.68. The van der Waals surface area contributed by atoms with Crippen molar-refractivity contribution in [3.63, 3.8) is 0 Å². The number of aliphatic hydroxyl groups excluding tert-OH is 1. The second-order valence-electron chi connectivity index (χ2n) is 11.7. The lowest BCUT2D eigenvalue weighted by molar-refractivity contribution is -0.140. The second-order valence-corrected chi connectivity index (χ2v) is 11.7. The lowest BCUT2D eigenvalue weighted by Gasteiger charge is -2.38. The van der Waals surface area contributed by atoms with Crippen molar-refractivity contribution in [1.82, 2.24) is 0 Å². The summed E-state index contributed by atoms with van der Waals surface area (Å²) in [5.74, 6) is 2.57. The number of aliphatic hydroxyl groups is 1. The molecule has 0 amide bonds. The molecular formula is C32H49FO3. The number of aryl methyl sites for hydroxylation is 1. The van der Waals surface area contributed by atoms with Crippen molar-refractivity contribution in [2.24, 2.45) is 23.7 Å². The average Bonchev–Trinajstić information content (AvgIpc) is 2.90. The first-order valence-corrected chi connectivity index (χ1v) is 14.6. The summed E-state index contributed by atoms with van der Waals surface area (Å²) in [5, 5.41) is 9.66. The van der Waals surface area contributed by atoms with Crippen LogP contribution in [0.3, 0.4) is 0 Å². The van der Waals surface area contributed by atoms with Gasteiger partial charge in [0.15, 0.2) is 0 Å². The van der Waals surface area contributed by atoms with Crippen molar-refractivity contribution >= 4 is 5.97 Å². The van der Waals surface area contributed by atoms with Gasteiger partial charge in [-0.2, -0.15) is 0 Å². The summed E-state index contributed by atoms with van der Waals surface area (Å²) in [6.07, 6.45) is 16.4. The first-order chi connectivity index (χ1) is 17.4. The van der Waals surface area contributed by atoms with Crippen molar-refractivity contribution in [3.8, 4) is 0 Å². The molecule has 2 saturated carbocycles. The van der Waals surface area contributed by atoms with Crippen LogP contribution in [0.4, 0.5) is 4.39 Å². The summed E-state index contributed by atoms with van der Waals surface area (Å²) in [5.41, 5.74) is 2.50. The van der Waals surface area contributed by atoms with Crippen LogP contribution in [0.2, 0.25) is 0 Å². The molecule has 0 heterocycles. The largest absolute Gasteiger partial charge is 0.462 e. The molecule has 2 aliphatic rings. The van der Waals surface area contributed by atoms with E-state index in [-0.39, 0.29) is 30.9 Å². The van der Waals surface area contributed by atoms with Gasteiger partial charge in [-0.05, 0) is 112 Å². The zero-order valence-electron chi connectivity index (χ0n) is 22.8. The Kier molecular flexibility index (Phi) is 12.0. The van der Waals surface area contributed by atoms with Crippen LogP contribution in [0.15, 0.2) is 30.4 Å². The van der Waals surface area contributed by atoms with Crippen molar-refractivity contribution < 1.29 is 19.0 Å². The second kappa shape index (κ2) is 14.9. The number of ether oxygens (including phenoxy) is 1. The maximum atomic E-state index is 14.6. The SMILES string of the molecule is C=C(C)C(=O)OCC(CO)CCC1CCC(C2CCC(c3ccc(CCCCC)c(F)c3)CC2)CC1. The molecule has 0 aliphatic heterocycles. The fraction of sp³-hybridized carbons (Fsp3) is 0.719. The molecule has 1 atom stereocenters. The minimum absolute atomic E-state index is 0.00136. The molecule has 0 saturated heterocycles. The number of hydrogen-bond acceptors (Lipinski definition) is 3. The van der Waals surface area contributed by atoms with Gasteiger partial charge in [-0.3, -0.25) is 0 Å². The number of hydrogen-bond donors (Lipinski definition) is 1.